The van der Waals surface area contributed by atoms with E-state index in [2.05, 4.69) is 20.3 Å². The van der Waals surface area contributed by atoms with E-state index in [0.717, 1.165) is 25.9 Å². The van der Waals surface area contributed by atoms with E-state index in [1.54, 1.807) is 0 Å². The van der Waals surface area contributed by atoms with Crippen molar-refractivity contribution >= 4 is 23.5 Å². The molecule has 0 aromatic carbocycles. The molecule has 112 valence electrons. The SMILES string of the molecule is FC(F)(F)CCCNc1nc(Cl)nc(N2CCCC2)n1. The molecule has 9 heteroatoms. The van der Waals surface area contributed by atoms with Crippen molar-refractivity contribution in [1.82, 2.24) is 15.0 Å². The summed E-state index contributed by atoms with van der Waals surface area (Å²) in [5.74, 6) is 0.690. The lowest BCUT2D eigenvalue weighted by molar-refractivity contribution is -0.134. The second-order valence-electron chi connectivity index (χ2n) is 4.57. The van der Waals surface area contributed by atoms with Crippen LogP contribution in [-0.2, 0) is 0 Å². The Kier molecular flexibility index (Phi) is 4.85. The van der Waals surface area contributed by atoms with Gasteiger partial charge in [-0.15, -0.1) is 0 Å². The first-order valence-corrected chi connectivity index (χ1v) is 6.79. The predicted molar refractivity (Wildman–Crippen MR) is 70.1 cm³/mol. The molecule has 1 fully saturated rings. The molecule has 0 amide bonds. The lowest BCUT2D eigenvalue weighted by Gasteiger charge is -2.15. The smallest absolute Gasteiger partial charge is 0.354 e. The van der Waals surface area contributed by atoms with Gasteiger partial charge >= 0.3 is 6.18 Å². The van der Waals surface area contributed by atoms with Crippen molar-refractivity contribution < 1.29 is 13.2 Å². The van der Waals surface area contributed by atoms with E-state index in [-0.39, 0.29) is 24.2 Å². The van der Waals surface area contributed by atoms with Crippen LogP contribution in [0.1, 0.15) is 25.7 Å². The van der Waals surface area contributed by atoms with Crippen LogP contribution >= 0.6 is 11.6 Å². The minimum atomic E-state index is -4.14. The van der Waals surface area contributed by atoms with Crippen molar-refractivity contribution in [2.45, 2.75) is 31.9 Å². The highest BCUT2D eigenvalue weighted by molar-refractivity contribution is 6.28. The summed E-state index contributed by atoms with van der Waals surface area (Å²) in [5.41, 5.74) is 0. The van der Waals surface area contributed by atoms with Crippen LogP contribution in [0.5, 0.6) is 0 Å². The molecule has 1 aromatic heterocycles. The molecule has 1 saturated heterocycles. The van der Waals surface area contributed by atoms with E-state index >= 15 is 0 Å². The molecule has 0 spiro atoms. The zero-order chi connectivity index (χ0) is 14.6. The summed E-state index contributed by atoms with van der Waals surface area (Å²) in [5, 5.41) is 2.79. The lowest BCUT2D eigenvalue weighted by atomic mass is 10.3. The third-order valence-electron chi connectivity index (χ3n) is 2.91. The van der Waals surface area contributed by atoms with Gasteiger partial charge in [-0.2, -0.15) is 28.1 Å². The van der Waals surface area contributed by atoms with Gasteiger partial charge in [-0.05, 0) is 30.9 Å². The summed E-state index contributed by atoms with van der Waals surface area (Å²) in [7, 11) is 0. The molecule has 0 bridgehead atoms. The Morgan fingerprint density at radius 2 is 1.85 bits per heavy atom. The fourth-order valence-corrected chi connectivity index (χ4v) is 2.12. The van der Waals surface area contributed by atoms with Gasteiger partial charge in [0.2, 0.25) is 17.2 Å². The van der Waals surface area contributed by atoms with E-state index in [4.69, 9.17) is 11.6 Å². The van der Waals surface area contributed by atoms with Crippen molar-refractivity contribution in [3.63, 3.8) is 0 Å². The van der Waals surface area contributed by atoms with Gasteiger partial charge in [-0.3, -0.25) is 0 Å². The molecule has 1 aliphatic heterocycles. The van der Waals surface area contributed by atoms with Crippen LogP contribution in [0.25, 0.3) is 0 Å². The normalized spacial score (nSPS) is 15.7. The number of anilines is 2. The second kappa shape index (κ2) is 6.43. The average molecular weight is 310 g/mol. The summed E-state index contributed by atoms with van der Waals surface area (Å²) < 4.78 is 36.1. The van der Waals surface area contributed by atoms with Gasteiger partial charge in [0.1, 0.15) is 0 Å². The summed E-state index contributed by atoms with van der Waals surface area (Å²) in [4.78, 5) is 14.1. The van der Waals surface area contributed by atoms with Crippen molar-refractivity contribution in [2.75, 3.05) is 29.9 Å². The first-order chi connectivity index (χ1) is 9.44. The number of rotatable bonds is 5. The van der Waals surface area contributed by atoms with Crippen LogP contribution < -0.4 is 10.2 Å². The summed E-state index contributed by atoms with van der Waals surface area (Å²) in [6, 6.07) is 0. The highest BCUT2D eigenvalue weighted by Crippen LogP contribution is 2.21. The molecule has 2 rings (SSSR count). The standard InChI is InChI=1S/C11H15ClF3N5/c12-8-17-9(16-5-3-4-11(13,14)15)19-10(18-8)20-6-1-2-7-20/h1-7H2,(H,16,17,18,19). The van der Waals surface area contributed by atoms with Gasteiger partial charge in [0, 0.05) is 26.1 Å². The Labute approximate surface area is 119 Å². The van der Waals surface area contributed by atoms with E-state index in [1.165, 1.54) is 0 Å². The minimum Gasteiger partial charge on any atom is -0.354 e. The molecule has 20 heavy (non-hydrogen) atoms. The minimum absolute atomic E-state index is 0.0359. The molecule has 0 radical (unpaired) electrons. The fourth-order valence-electron chi connectivity index (χ4n) is 1.97. The van der Waals surface area contributed by atoms with Crippen LogP contribution in [0.3, 0.4) is 0 Å². The van der Waals surface area contributed by atoms with Crippen molar-refractivity contribution in [3.05, 3.63) is 5.28 Å². The molecule has 2 heterocycles. The maximum atomic E-state index is 12.0. The number of nitrogens with one attached hydrogen (secondary N) is 1. The zero-order valence-electron chi connectivity index (χ0n) is 10.8. The van der Waals surface area contributed by atoms with Gasteiger partial charge in [-0.1, -0.05) is 0 Å². The summed E-state index contributed by atoms with van der Waals surface area (Å²) in [6.07, 6.45) is -2.88. The van der Waals surface area contributed by atoms with Crippen LogP contribution in [0.15, 0.2) is 0 Å². The molecule has 1 aliphatic rings. The van der Waals surface area contributed by atoms with Gasteiger partial charge < -0.3 is 10.2 Å². The first-order valence-electron chi connectivity index (χ1n) is 6.41. The Morgan fingerprint density at radius 3 is 2.50 bits per heavy atom. The topological polar surface area (TPSA) is 53.9 Å². The Hall–Kier alpha value is -1.31. The number of aromatic nitrogens is 3. The number of nitrogens with zero attached hydrogens (tertiary/aromatic N) is 4. The molecular weight excluding hydrogens is 295 g/mol. The molecule has 1 N–H and O–H groups in total. The van der Waals surface area contributed by atoms with Crippen molar-refractivity contribution in [1.29, 1.82) is 0 Å². The average Bonchev–Trinajstić information content (AvgIpc) is 2.86. The quantitative estimate of drug-likeness (QED) is 0.848. The van der Waals surface area contributed by atoms with E-state index in [1.807, 2.05) is 4.90 Å². The highest BCUT2D eigenvalue weighted by atomic mass is 35.5. The van der Waals surface area contributed by atoms with E-state index in [9.17, 15) is 13.2 Å². The lowest BCUT2D eigenvalue weighted by Crippen LogP contribution is -2.21. The van der Waals surface area contributed by atoms with Gasteiger partial charge in [0.15, 0.2) is 0 Å². The van der Waals surface area contributed by atoms with Crippen LogP contribution in [0, 0.1) is 0 Å². The van der Waals surface area contributed by atoms with E-state index in [0.29, 0.717) is 5.95 Å². The Morgan fingerprint density at radius 1 is 1.15 bits per heavy atom. The highest BCUT2D eigenvalue weighted by Gasteiger charge is 2.26. The third kappa shape index (κ3) is 4.66. The zero-order valence-corrected chi connectivity index (χ0v) is 11.5. The number of halogens is 4. The third-order valence-corrected chi connectivity index (χ3v) is 3.07. The maximum Gasteiger partial charge on any atom is 0.389 e. The number of alkyl halides is 3. The summed E-state index contributed by atoms with van der Waals surface area (Å²) in [6.45, 7) is 1.85. The molecule has 0 atom stereocenters. The van der Waals surface area contributed by atoms with E-state index < -0.39 is 12.6 Å². The second-order valence-corrected chi connectivity index (χ2v) is 4.91. The number of hydrogen-bond acceptors (Lipinski definition) is 5. The van der Waals surface area contributed by atoms with Crippen molar-refractivity contribution in [2.24, 2.45) is 0 Å². The molecule has 0 saturated carbocycles. The van der Waals surface area contributed by atoms with Gasteiger partial charge in [0.25, 0.3) is 0 Å². The molecule has 0 unspecified atom stereocenters. The number of hydrogen-bond donors (Lipinski definition) is 1. The summed E-state index contributed by atoms with van der Waals surface area (Å²) >= 11 is 5.80. The monoisotopic (exact) mass is 309 g/mol. The largest absolute Gasteiger partial charge is 0.389 e. The van der Waals surface area contributed by atoms with Crippen LogP contribution in [-0.4, -0.2) is 40.8 Å². The first kappa shape index (κ1) is 15.1. The molecular formula is C11H15ClF3N5. The maximum absolute atomic E-state index is 12.0. The van der Waals surface area contributed by atoms with Crippen molar-refractivity contribution in [3.8, 4) is 0 Å². The Bertz CT molecular complexity index is 448. The van der Waals surface area contributed by atoms with Crippen LogP contribution in [0.2, 0.25) is 5.28 Å². The molecule has 1 aromatic rings. The Balaban J connectivity index is 1.91. The predicted octanol–water partition coefficient (Wildman–Crippen LogP) is 2.88. The molecule has 0 aliphatic carbocycles. The van der Waals surface area contributed by atoms with Crippen LogP contribution in [0.4, 0.5) is 25.1 Å². The molecule has 5 nitrogen and oxygen atoms in total. The van der Waals surface area contributed by atoms with Gasteiger partial charge in [-0.25, -0.2) is 0 Å². The van der Waals surface area contributed by atoms with Gasteiger partial charge in [0.05, 0.1) is 0 Å². The fraction of sp³-hybridized carbons (Fsp3) is 0.727.